The standard InChI is InChI=1S/C9H14N4O8/c14-1-10-8(20)13(4-17,5-18)6-7(19)12(3-16)9(21)11(6)2-15/h4,6,14-16,18H,1-3,5H2/p+1. The Bertz CT molecular complexity index is 457. The Hall–Kier alpha value is -2.12. The molecule has 12 nitrogen and oxygen atoms in total. The lowest BCUT2D eigenvalue weighted by atomic mass is 10.3. The van der Waals surface area contributed by atoms with Crippen LogP contribution in [0.25, 0.3) is 0 Å². The summed E-state index contributed by atoms with van der Waals surface area (Å²) in [5.41, 5.74) is 0. The van der Waals surface area contributed by atoms with Gasteiger partial charge in [-0.15, -0.1) is 4.48 Å². The third kappa shape index (κ3) is 2.45. The fourth-order valence-electron chi connectivity index (χ4n) is 1.95. The van der Waals surface area contributed by atoms with E-state index in [1.165, 1.54) is 0 Å². The molecule has 0 bridgehead atoms. The number of rotatable bonds is 6. The molecule has 1 aliphatic heterocycles. The van der Waals surface area contributed by atoms with Crippen LogP contribution in [-0.4, -0.2) is 92.2 Å². The number of quaternary nitrogens is 1. The van der Waals surface area contributed by atoms with E-state index < -0.39 is 55.5 Å². The molecule has 2 atom stereocenters. The van der Waals surface area contributed by atoms with Gasteiger partial charge in [0.05, 0.1) is 0 Å². The summed E-state index contributed by atoms with van der Waals surface area (Å²) in [5, 5.41) is 38.0. The molecule has 1 saturated heterocycles. The molecule has 0 aromatic heterocycles. The molecule has 0 aromatic rings. The molecular formula is C9H15N4O8+. The lowest BCUT2D eigenvalue weighted by Gasteiger charge is -2.33. The van der Waals surface area contributed by atoms with Crippen LogP contribution in [0.2, 0.25) is 0 Å². The van der Waals surface area contributed by atoms with Gasteiger partial charge in [0.15, 0.2) is 6.73 Å². The number of carbonyl (C=O) groups excluding carboxylic acids is 4. The van der Waals surface area contributed by atoms with Gasteiger partial charge in [0.2, 0.25) is 0 Å². The van der Waals surface area contributed by atoms with Gasteiger partial charge in [0.1, 0.15) is 20.2 Å². The molecule has 0 radical (unpaired) electrons. The number of hydrogen-bond acceptors (Lipinski definition) is 8. The summed E-state index contributed by atoms with van der Waals surface area (Å²) in [5.74, 6) is -1.16. The zero-order chi connectivity index (χ0) is 16.2. The first-order valence-corrected chi connectivity index (χ1v) is 5.62. The van der Waals surface area contributed by atoms with Gasteiger partial charge in [-0.1, -0.05) is 0 Å². The van der Waals surface area contributed by atoms with Crippen molar-refractivity contribution >= 4 is 24.4 Å². The van der Waals surface area contributed by atoms with Gasteiger partial charge in [-0.3, -0.25) is 10.1 Å². The molecule has 1 fully saturated rings. The van der Waals surface area contributed by atoms with Crippen LogP contribution >= 0.6 is 0 Å². The van der Waals surface area contributed by atoms with Crippen LogP contribution in [0.4, 0.5) is 9.59 Å². The monoisotopic (exact) mass is 307 g/mol. The molecule has 12 heteroatoms. The topological polar surface area (TPSA) is 168 Å². The fourth-order valence-corrected chi connectivity index (χ4v) is 1.95. The van der Waals surface area contributed by atoms with Crippen LogP contribution in [0, 0.1) is 0 Å². The van der Waals surface area contributed by atoms with Gasteiger partial charge in [-0.25, -0.2) is 24.2 Å². The third-order valence-corrected chi connectivity index (χ3v) is 3.02. The van der Waals surface area contributed by atoms with Crippen molar-refractivity contribution < 1.29 is 44.1 Å². The SMILES string of the molecule is O=C[N+](CO)(C(=O)NCO)C1C(=O)N(CO)C(=O)N1CO. The summed E-state index contributed by atoms with van der Waals surface area (Å²) in [7, 11) is 0. The van der Waals surface area contributed by atoms with Gasteiger partial charge >= 0.3 is 24.4 Å². The highest BCUT2D eigenvalue weighted by molar-refractivity contribution is 6.04. The summed E-state index contributed by atoms with van der Waals surface area (Å²) in [6.45, 7) is -4.16. The van der Waals surface area contributed by atoms with Crippen LogP contribution in [0.5, 0.6) is 0 Å². The molecule has 5 N–H and O–H groups in total. The Balaban J connectivity index is 3.35. The van der Waals surface area contributed by atoms with Gasteiger partial charge in [0, 0.05) is 0 Å². The Morgan fingerprint density at radius 2 is 1.86 bits per heavy atom. The first-order chi connectivity index (χ1) is 9.94. The maximum Gasteiger partial charge on any atom is 0.429 e. The van der Waals surface area contributed by atoms with E-state index in [0.717, 1.165) is 0 Å². The second-order valence-corrected chi connectivity index (χ2v) is 3.99. The van der Waals surface area contributed by atoms with E-state index in [0.29, 0.717) is 9.80 Å². The van der Waals surface area contributed by atoms with Crippen molar-refractivity contribution in [2.75, 3.05) is 26.9 Å². The van der Waals surface area contributed by atoms with Crippen molar-refractivity contribution in [2.24, 2.45) is 0 Å². The number of amides is 6. The minimum absolute atomic E-state index is 0.107. The van der Waals surface area contributed by atoms with Gasteiger partial charge in [-0.2, -0.15) is 0 Å². The highest BCUT2D eigenvalue weighted by atomic mass is 16.3. The molecule has 1 heterocycles. The zero-order valence-corrected chi connectivity index (χ0v) is 10.7. The number of urea groups is 2. The average molecular weight is 307 g/mol. The van der Waals surface area contributed by atoms with Crippen LogP contribution < -0.4 is 5.32 Å². The van der Waals surface area contributed by atoms with Gasteiger partial charge in [-0.05, 0) is 0 Å². The molecule has 0 saturated carbocycles. The number of hydrogen-bond donors (Lipinski definition) is 5. The van der Waals surface area contributed by atoms with E-state index in [4.69, 9.17) is 15.3 Å². The van der Waals surface area contributed by atoms with Crippen molar-refractivity contribution in [3.8, 4) is 0 Å². The summed E-state index contributed by atoms with van der Waals surface area (Å²) < 4.78 is -1.62. The van der Waals surface area contributed by atoms with Crippen LogP contribution in [0.1, 0.15) is 0 Å². The number of aliphatic hydroxyl groups excluding tert-OH is 4. The Labute approximate surface area is 118 Å². The Kier molecular flexibility index (Phi) is 5.28. The van der Waals surface area contributed by atoms with Crippen molar-refractivity contribution in [3.63, 3.8) is 0 Å². The van der Waals surface area contributed by atoms with E-state index in [1.807, 2.05) is 5.32 Å². The molecule has 0 aromatic carbocycles. The van der Waals surface area contributed by atoms with Crippen molar-refractivity contribution in [1.29, 1.82) is 0 Å². The Morgan fingerprint density at radius 3 is 2.24 bits per heavy atom. The number of nitrogens with one attached hydrogen (secondary N) is 1. The largest absolute Gasteiger partial charge is 0.429 e. The zero-order valence-electron chi connectivity index (χ0n) is 10.7. The second kappa shape index (κ2) is 6.55. The molecule has 21 heavy (non-hydrogen) atoms. The number of carbonyl (C=O) groups is 4. The fraction of sp³-hybridized carbons (Fsp3) is 0.556. The molecule has 6 amide bonds. The van der Waals surface area contributed by atoms with Crippen LogP contribution in [0.15, 0.2) is 0 Å². The van der Waals surface area contributed by atoms with Crippen molar-refractivity contribution in [1.82, 2.24) is 15.1 Å². The normalized spacial score (nSPS) is 21.4. The highest BCUT2D eigenvalue weighted by Gasteiger charge is 2.60. The van der Waals surface area contributed by atoms with Crippen molar-refractivity contribution in [2.45, 2.75) is 6.17 Å². The smallest absolute Gasteiger partial charge is 0.376 e. The summed E-state index contributed by atoms with van der Waals surface area (Å²) in [4.78, 5) is 47.7. The summed E-state index contributed by atoms with van der Waals surface area (Å²) >= 11 is 0. The quantitative estimate of drug-likeness (QED) is 0.143. The lowest BCUT2D eigenvalue weighted by Crippen LogP contribution is -2.68. The number of aliphatic hydroxyl groups is 4. The predicted molar refractivity (Wildman–Crippen MR) is 61.1 cm³/mol. The van der Waals surface area contributed by atoms with Crippen molar-refractivity contribution in [3.05, 3.63) is 0 Å². The molecule has 0 spiro atoms. The molecule has 1 aliphatic rings. The van der Waals surface area contributed by atoms with Gasteiger partial charge in [0.25, 0.3) is 6.17 Å². The van der Waals surface area contributed by atoms with E-state index >= 15 is 0 Å². The molecule has 1 rings (SSSR count). The summed E-state index contributed by atoms with van der Waals surface area (Å²) in [6.07, 6.45) is -2.01. The molecular weight excluding hydrogens is 292 g/mol. The van der Waals surface area contributed by atoms with Crippen LogP contribution in [0.3, 0.4) is 0 Å². The molecule has 0 aliphatic carbocycles. The minimum atomic E-state index is -1.90. The minimum Gasteiger partial charge on any atom is -0.376 e. The first-order valence-electron chi connectivity index (χ1n) is 5.62. The van der Waals surface area contributed by atoms with Crippen LogP contribution in [-0.2, 0) is 9.59 Å². The lowest BCUT2D eigenvalue weighted by molar-refractivity contribution is -0.815. The van der Waals surface area contributed by atoms with E-state index in [9.17, 15) is 24.3 Å². The van der Waals surface area contributed by atoms with E-state index in [1.54, 1.807) is 0 Å². The van der Waals surface area contributed by atoms with E-state index in [2.05, 4.69) is 0 Å². The number of nitrogens with zero attached hydrogens (tertiary/aromatic N) is 3. The van der Waals surface area contributed by atoms with Gasteiger partial charge < -0.3 is 20.4 Å². The average Bonchev–Trinajstić information content (AvgIpc) is 2.72. The Morgan fingerprint density at radius 1 is 1.24 bits per heavy atom. The number of imide groups is 2. The maximum atomic E-state index is 12.1. The predicted octanol–water partition coefficient (Wildman–Crippen LogP) is -3.94. The van der Waals surface area contributed by atoms with E-state index in [-0.39, 0.29) is 6.41 Å². The second-order valence-electron chi connectivity index (χ2n) is 3.99. The molecule has 2 unspecified atom stereocenters. The third-order valence-electron chi connectivity index (χ3n) is 3.02. The first kappa shape index (κ1) is 16.9. The maximum absolute atomic E-state index is 12.1. The molecule has 118 valence electrons. The summed E-state index contributed by atoms with van der Waals surface area (Å²) in [6, 6.07) is -2.40. The highest BCUT2D eigenvalue weighted by Crippen LogP contribution is 2.25.